The molecule has 1 aromatic carbocycles. The number of fused-ring (bicyclic) bond motifs is 1. The molecule has 1 N–H and O–H groups in total. The lowest BCUT2D eigenvalue weighted by molar-refractivity contribution is -0.181. The van der Waals surface area contributed by atoms with Crippen molar-refractivity contribution in [3.8, 4) is 0 Å². The van der Waals surface area contributed by atoms with Crippen molar-refractivity contribution < 1.29 is 14.6 Å². The second-order valence-electron chi connectivity index (χ2n) is 8.30. The van der Waals surface area contributed by atoms with E-state index in [9.17, 15) is 9.90 Å². The molecule has 1 spiro atoms. The fraction of sp³-hybridized carbons (Fsp3) is 0.375. The monoisotopic (exact) mass is 390 g/mol. The summed E-state index contributed by atoms with van der Waals surface area (Å²) in [4.78, 5) is 15.0. The lowest BCUT2D eigenvalue weighted by Crippen LogP contribution is -2.52. The zero-order valence-electron chi connectivity index (χ0n) is 16.4. The van der Waals surface area contributed by atoms with Crippen LogP contribution in [-0.2, 0) is 4.74 Å². The van der Waals surface area contributed by atoms with E-state index < -0.39 is 0 Å². The number of carbonyl (C=O) groups excluding carboxylic acids is 1. The van der Waals surface area contributed by atoms with E-state index in [0.717, 1.165) is 23.9 Å². The number of hydrogen-bond donors (Lipinski definition) is 1. The van der Waals surface area contributed by atoms with Gasteiger partial charge in [-0.15, -0.1) is 0 Å². The molecule has 2 saturated heterocycles. The van der Waals surface area contributed by atoms with Crippen LogP contribution >= 0.6 is 0 Å². The topological polar surface area (TPSA) is 54.2 Å². The van der Waals surface area contributed by atoms with Gasteiger partial charge < -0.3 is 19.1 Å². The zero-order chi connectivity index (χ0) is 19.8. The Bertz CT molecular complexity index is 1010. The molecule has 5 rings (SSSR count). The quantitative estimate of drug-likeness (QED) is 0.724. The van der Waals surface area contributed by atoms with Gasteiger partial charge >= 0.3 is 0 Å². The lowest BCUT2D eigenvalue weighted by atomic mass is 9.81. The Balaban J connectivity index is 1.31. The second kappa shape index (κ2) is 7.32. The summed E-state index contributed by atoms with van der Waals surface area (Å²) in [5.41, 5.74) is 2.48. The maximum atomic E-state index is 13.1. The SMILES string of the molecule is O=C(c1ccc2ccccn12)N1CCC2(CC1)C[C@@H](O)C[C@H](c1ccccc1)O2. The maximum absolute atomic E-state index is 13.1. The first-order chi connectivity index (χ1) is 14.1. The minimum absolute atomic E-state index is 0.0574. The molecule has 2 fully saturated rings. The van der Waals surface area contributed by atoms with E-state index in [2.05, 4.69) is 12.1 Å². The van der Waals surface area contributed by atoms with Crippen molar-refractivity contribution >= 4 is 11.4 Å². The molecule has 1 amide bonds. The molecule has 0 aliphatic carbocycles. The van der Waals surface area contributed by atoms with Gasteiger partial charge in [-0.2, -0.15) is 0 Å². The Morgan fingerprint density at radius 1 is 1.00 bits per heavy atom. The summed E-state index contributed by atoms with van der Waals surface area (Å²) in [5, 5.41) is 10.5. The van der Waals surface area contributed by atoms with Crippen molar-refractivity contribution in [2.45, 2.75) is 43.5 Å². The molecule has 5 heteroatoms. The number of pyridine rings is 1. The number of likely N-dealkylation sites (tertiary alicyclic amines) is 1. The van der Waals surface area contributed by atoms with Crippen LogP contribution in [0.3, 0.4) is 0 Å². The molecule has 4 heterocycles. The summed E-state index contributed by atoms with van der Waals surface area (Å²) in [6.07, 6.45) is 4.25. The van der Waals surface area contributed by atoms with Crippen LogP contribution in [0.5, 0.6) is 0 Å². The number of aromatic nitrogens is 1. The minimum Gasteiger partial charge on any atom is -0.393 e. The molecule has 5 nitrogen and oxygen atoms in total. The molecule has 2 aliphatic rings. The average Bonchev–Trinajstić information content (AvgIpc) is 3.18. The number of ether oxygens (including phenoxy) is 1. The fourth-order valence-corrected chi connectivity index (χ4v) is 4.86. The summed E-state index contributed by atoms with van der Waals surface area (Å²) in [6.45, 7) is 1.29. The third-order valence-electron chi connectivity index (χ3n) is 6.40. The van der Waals surface area contributed by atoms with E-state index in [4.69, 9.17) is 4.74 Å². The number of aliphatic hydroxyl groups is 1. The lowest BCUT2D eigenvalue weighted by Gasteiger charge is -2.48. The number of hydrogen-bond acceptors (Lipinski definition) is 3. The highest BCUT2D eigenvalue weighted by Crippen LogP contribution is 2.43. The highest BCUT2D eigenvalue weighted by Gasteiger charge is 2.44. The summed E-state index contributed by atoms with van der Waals surface area (Å²) < 4.78 is 8.50. The van der Waals surface area contributed by atoms with Crippen LogP contribution in [-0.4, -0.2) is 45.1 Å². The molecular weight excluding hydrogens is 364 g/mol. The molecule has 2 aromatic heterocycles. The Morgan fingerprint density at radius 3 is 2.55 bits per heavy atom. The summed E-state index contributed by atoms with van der Waals surface area (Å²) >= 11 is 0. The standard InChI is InChI=1S/C24H26N2O3/c27-20-16-22(18-6-2-1-3-7-18)29-24(17-20)11-14-25(15-12-24)23(28)21-10-9-19-8-4-5-13-26(19)21/h1-10,13,20,22,27H,11-12,14-17H2/t20-,22+/m0/s1. The van der Waals surface area contributed by atoms with E-state index in [-0.39, 0.29) is 23.7 Å². The van der Waals surface area contributed by atoms with Crippen molar-refractivity contribution in [1.29, 1.82) is 0 Å². The molecular formula is C24H26N2O3. The highest BCUT2D eigenvalue weighted by molar-refractivity contribution is 5.94. The van der Waals surface area contributed by atoms with Crippen LogP contribution < -0.4 is 0 Å². The Morgan fingerprint density at radius 2 is 1.76 bits per heavy atom. The summed E-state index contributed by atoms with van der Waals surface area (Å²) in [5.74, 6) is 0.0574. The fourth-order valence-electron chi connectivity index (χ4n) is 4.86. The minimum atomic E-state index is -0.370. The largest absolute Gasteiger partial charge is 0.393 e. The molecule has 150 valence electrons. The van der Waals surface area contributed by atoms with E-state index in [0.29, 0.717) is 31.6 Å². The van der Waals surface area contributed by atoms with Gasteiger partial charge in [0.25, 0.3) is 5.91 Å². The third kappa shape index (κ3) is 3.45. The normalized spacial score (nSPS) is 24.1. The second-order valence-corrected chi connectivity index (χ2v) is 8.30. The molecule has 2 atom stereocenters. The first kappa shape index (κ1) is 18.4. The summed E-state index contributed by atoms with van der Waals surface area (Å²) in [7, 11) is 0. The van der Waals surface area contributed by atoms with Gasteiger partial charge in [-0.25, -0.2) is 0 Å². The van der Waals surface area contributed by atoms with Crippen molar-refractivity contribution in [2.24, 2.45) is 0 Å². The molecule has 0 bridgehead atoms. The van der Waals surface area contributed by atoms with Gasteiger partial charge in [0.1, 0.15) is 5.69 Å². The molecule has 0 radical (unpaired) electrons. The molecule has 0 unspecified atom stereocenters. The van der Waals surface area contributed by atoms with E-state index in [1.807, 2.05) is 64.0 Å². The van der Waals surface area contributed by atoms with E-state index >= 15 is 0 Å². The summed E-state index contributed by atoms with van der Waals surface area (Å²) in [6, 6.07) is 19.9. The highest BCUT2D eigenvalue weighted by atomic mass is 16.5. The van der Waals surface area contributed by atoms with Crippen LogP contribution in [0.1, 0.15) is 47.8 Å². The number of piperidine rings is 1. The number of rotatable bonds is 2. The van der Waals surface area contributed by atoms with Gasteiger partial charge in [0, 0.05) is 37.6 Å². The first-order valence-electron chi connectivity index (χ1n) is 10.4. The predicted molar refractivity (Wildman–Crippen MR) is 111 cm³/mol. The van der Waals surface area contributed by atoms with Crippen LogP contribution in [0.25, 0.3) is 5.52 Å². The number of aliphatic hydroxyl groups excluding tert-OH is 1. The maximum Gasteiger partial charge on any atom is 0.270 e. The van der Waals surface area contributed by atoms with E-state index in [1.165, 1.54) is 0 Å². The van der Waals surface area contributed by atoms with Gasteiger partial charge in [0.15, 0.2) is 0 Å². The van der Waals surface area contributed by atoms with Crippen LogP contribution in [0, 0.1) is 0 Å². The zero-order valence-corrected chi connectivity index (χ0v) is 16.4. The smallest absolute Gasteiger partial charge is 0.270 e. The number of carbonyl (C=O) groups is 1. The number of nitrogens with zero attached hydrogens (tertiary/aromatic N) is 2. The van der Waals surface area contributed by atoms with Gasteiger partial charge in [0.05, 0.1) is 17.8 Å². The number of benzene rings is 1. The van der Waals surface area contributed by atoms with Crippen molar-refractivity contribution in [3.05, 3.63) is 78.1 Å². The average molecular weight is 390 g/mol. The van der Waals surface area contributed by atoms with E-state index in [1.54, 1.807) is 0 Å². The first-order valence-corrected chi connectivity index (χ1v) is 10.4. The van der Waals surface area contributed by atoms with Crippen molar-refractivity contribution in [1.82, 2.24) is 9.30 Å². The van der Waals surface area contributed by atoms with Crippen LogP contribution in [0.4, 0.5) is 0 Å². The van der Waals surface area contributed by atoms with Crippen molar-refractivity contribution in [3.63, 3.8) is 0 Å². The Hall–Kier alpha value is -2.63. The Labute approximate surface area is 170 Å². The van der Waals surface area contributed by atoms with Gasteiger partial charge in [-0.05, 0) is 42.7 Å². The van der Waals surface area contributed by atoms with Crippen LogP contribution in [0.2, 0.25) is 0 Å². The third-order valence-corrected chi connectivity index (χ3v) is 6.40. The number of amides is 1. The molecule has 2 aliphatic heterocycles. The van der Waals surface area contributed by atoms with Gasteiger partial charge in [-0.1, -0.05) is 36.4 Å². The predicted octanol–water partition coefficient (Wildman–Crippen LogP) is 3.83. The van der Waals surface area contributed by atoms with Crippen molar-refractivity contribution in [2.75, 3.05) is 13.1 Å². The van der Waals surface area contributed by atoms with Crippen LogP contribution in [0.15, 0.2) is 66.9 Å². The molecule has 0 saturated carbocycles. The molecule has 29 heavy (non-hydrogen) atoms. The van der Waals surface area contributed by atoms with Gasteiger partial charge in [0.2, 0.25) is 0 Å². The van der Waals surface area contributed by atoms with Gasteiger partial charge in [-0.3, -0.25) is 4.79 Å². The Kier molecular flexibility index (Phi) is 4.64. The molecule has 3 aromatic rings.